The summed E-state index contributed by atoms with van der Waals surface area (Å²) in [5, 5.41) is 13.3. The topological polar surface area (TPSA) is 72.2 Å². The molecular weight excluding hydrogens is 220 g/mol. The molecule has 0 fully saturated rings. The van der Waals surface area contributed by atoms with E-state index in [0.717, 1.165) is 0 Å². The Morgan fingerprint density at radius 3 is 2.82 bits per heavy atom. The van der Waals surface area contributed by atoms with E-state index in [9.17, 15) is 14.9 Å². The molecule has 1 unspecified atom stereocenters. The van der Waals surface area contributed by atoms with E-state index in [-0.39, 0.29) is 17.6 Å². The van der Waals surface area contributed by atoms with E-state index in [1.54, 1.807) is 32.1 Å². The highest BCUT2D eigenvalue weighted by Gasteiger charge is 2.11. The van der Waals surface area contributed by atoms with Gasteiger partial charge in [-0.3, -0.25) is 14.9 Å². The third-order valence-electron chi connectivity index (χ3n) is 2.26. The molecule has 0 aliphatic rings. The van der Waals surface area contributed by atoms with Gasteiger partial charge in [0.1, 0.15) is 0 Å². The molecule has 1 N–H and O–H groups in total. The minimum Gasteiger partial charge on any atom is -0.346 e. The first-order valence-corrected chi connectivity index (χ1v) is 5.22. The lowest BCUT2D eigenvalue weighted by Gasteiger charge is -2.12. The molecule has 0 radical (unpaired) electrons. The third-order valence-corrected chi connectivity index (χ3v) is 2.26. The van der Waals surface area contributed by atoms with E-state index < -0.39 is 4.92 Å². The SMILES string of the molecule is CC=CC(=O)NC(C)c1cccc([N+](=O)[O-])c1. The zero-order chi connectivity index (χ0) is 12.8. The van der Waals surface area contributed by atoms with Gasteiger partial charge in [-0.25, -0.2) is 0 Å². The number of nitrogens with zero attached hydrogens (tertiary/aromatic N) is 1. The highest BCUT2D eigenvalue weighted by molar-refractivity contribution is 5.87. The van der Waals surface area contributed by atoms with E-state index in [0.29, 0.717) is 5.56 Å². The van der Waals surface area contributed by atoms with Crippen molar-refractivity contribution in [1.29, 1.82) is 0 Å². The minimum absolute atomic E-state index is 0.0228. The number of carbonyl (C=O) groups is 1. The van der Waals surface area contributed by atoms with Crippen LogP contribution in [-0.4, -0.2) is 10.8 Å². The third kappa shape index (κ3) is 3.71. The molecule has 0 bridgehead atoms. The number of carbonyl (C=O) groups excluding carboxylic acids is 1. The van der Waals surface area contributed by atoms with Crippen LogP contribution in [-0.2, 0) is 4.79 Å². The Labute approximate surface area is 99.3 Å². The number of hydrogen-bond donors (Lipinski definition) is 1. The molecular formula is C12H14N2O3. The fourth-order valence-electron chi connectivity index (χ4n) is 1.40. The zero-order valence-electron chi connectivity index (χ0n) is 9.71. The molecule has 0 heterocycles. The predicted octanol–water partition coefficient (Wildman–Crippen LogP) is 2.35. The molecule has 1 atom stereocenters. The summed E-state index contributed by atoms with van der Waals surface area (Å²) < 4.78 is 0. The van der Waals surface area contributed by atoms with Crippen LogP contribution in [0.5, 0.6) is 0 Å². The molecule has 1 aromatic carbocycles. The number of nitro groups is 1. The van der Waals surface area contributed by atoms with Crippen LogP contribution in [0.3, 0.4) is 0 Å². The van der Waals surface area contributed by atoms with Crippen LogP contribution in [0.25, 0.3) is 0 Å². The Balaban J connectivity index is 2.81. The Hall–Kier alpha value is -2.17. The number of amides is 1. The molecule has 0 saturated carbocycles. The van der Waals surface area contributed by atoms with E-state index in [1.165, 1.54) is 18.2 Å². The number of rotatable bonds is 4. The van der Waals surface area contributed by atoms with Crippen molar-refractivity contribution in [3.8, 4) is 0 Å². The van der Waals surface area contributed by atoms with E-state index in [4.69, 9.17) is 0 Å². The normalized spacial score (nSPS) is 12.4. The van der Waals surface area contributed by atoms with Crippen molar-refractivity contribution in [2.24, 2.45) is 0 Å². The fourth-order valence-corrected chi connectivity index (χ4v) is 1.40. The monoisotopic (exact) mass is 234 g/mol. The molecule has 1 aromatic rings. The molecule has 0 spiro atoms. The van der Waals surface area contributed by atoms with Crippen molar-refractivity contribution in [1.82, 2.24) is 5.32 Å². The van der Waals surface area contributed by atoms with Gasteiger partial charge in [-0.15, -0.1) is 0 Å². The molecule has 1 rings (SSSR count). The van der Waals surface area contributed by atoms with Gasteiger partial charge in [-0.2, -0.15) is 0 Å². The van der Waals surface area contributed by atoms with Crippen molar-refractivity contribution in [3.05, 3.63) is 52.1 Å². The first-order chi connectivity index (χ1) is 8.04. The number of hydrogen-bond acceptors (Lipinski definition) is 3. The average Bonchev–Trinajstić information content (AvgIpc) is 2.29. The molecule has 5 heteroatoms. The standard InChI is InChI=1S/C12H14N2O3/c1-3-5-12(15)13-9(2)10-6-4-7-11(8-10)14(16)17/h3-9H,1-2H3,(H,13,15). The van der Waals surface area contributed by atoms with E-state index in [2.05, 4.69) is 5.32 Å². The fraction of sp³-hybridized carbons (Fsp3) is 0.250. The first-order valence-electron chi connectivity index (χ1n) is 5.22. The maximum Gasteiger partial charge on any atom is 0.269 e. The molecule has 0 aliphatic heterocycles. The first kappa shape index (κ1) is 12.9. The van der Waals surface area contributed by atoms with E-state index >= 15 is 0 Å². The summed E-state index contributed by atoms with van der Waals surface area (Å²) in [6.45, 7) is 3.53. The number of nitro benzene ring substituents is 1. The van der Waals surface area contributed by atoms with Gasteiger partial charge in [0.25, 0.3) is 5.69 Å². The van der Waals surface area contributed by atoms with Crippen molar-refractivity contribution >= 4 is 11.6 Å². The van der Waals surface area contributed by atoms with E-state index in [1.807, 2.05) is 0 Å². The average molecular weight is 234 g/mol. The number of non-ortho nitro benzene ring substituents is 1. The maximum atomic E-state index is 11.3. The second-order valence-electron chi connectivity index (χ2n) is 3.58. The summed E-state index contributed by atoms with van der Waals surface area (Å²) in [6, 6.07) is 5.96. The predicted molar refractivity (Wildman–Crippen MR) is 64.5 cm³/mol. The van der Waals surface area contributed by atoms with Gasteiger partial charge in [0.15, 0.2) is 0 Å². The van der Waals surface area contributed by atoms with Crippen LogP contribution >= 0.6 is 0 Å². The summed E-state index contributed by atoms with van der Waals surface area (Å²) in [5.74, 6) is -0.216. The van der Waals surface area contributed by atoms with Gasteiger partial charge in [0, 0.05) is 12.1 Å². The van der Waals surface area contributed by atoms with Crippen LogP contribution in [0, 0.1) is 10.1 Å². The van der Waals surface area contributed by atoms with Gasteiger partial charge in [-0.1, -0.05) is 18.2 Å². The minimum atomic E-state index is -0.454. The van der Waals surface area contributed by atoms with Crippen LogP contribution < -0.4 is 5.32 Å². The number of nitrogens with one attached hydrogen (secondary N) is 1. The molecule has 1 amide bonds. The van der Waals surface area contributed by atoms with Crippen LogP contribution in [0.2, 0.25) is 0 Å². The van der Waals surface area contributed by atoms with Gasteiger partial charge in [0.2, 0.25) is 5.91 Å². The molecule has 90 valence electrons. The van der Waals surface area contributed by atoms with Crippen LogP contribution in [0.1, 0.15) is 25.5 Å². The summed E-state index contributed by atoms with van der Waals surface area (Å²) in [4.78, 5) is 21.5. The Bertz CT molecular complexity index is 455. The Kier molecular flexibility index (Phi) is 4.39. The van der Waals surface area contributed by atoms with Crippen molar-refractivity contribution in [2.75, 3.05) is 0 Å². The lowest BCUT2D eigenvalue weighted by Crippen LogP contribution is -2.24. The van der Waals surface area contributed by atoms with Crippen molar-refractivity contribution in [3.63, 3.8) is 0 Å². The quantitative estimate of drug-likeness (QED) is 0.493. The molecule has 0 aliphatic carbocycles. The van der Waals surface area contributed by atoms with Crippen molar-refractivity contribution in [2.45, 2.75) is 19.9 Å². The number of benzene rings is 1. The molecule has 17 heavy (non-hydrogen) atoms. The zero-order valence-corrected chi connectivity index (χ0v) is 9.71. The van der Waals surface area contributed by atoms with Gasteiger partial charge >= 0.3 is 0 Å². The molecule has 5 nitrogen and oxygen atoms in total. The van der Waals surface area contributed by atoms with Gasteiger partial charge in [0.05, 0.1) is 11.0 Å². The second-order valence-corrected chi connectivity index (χ2v) is 3.58. The highest BCUT2D eigenvalue weighted by Crippen LogP contribution is 2.18. The number of allylic oxidation sites excluding steroid dienone is 1. The summed E-state index contributed by atoms with van der Waals surface area (Å²) in [5.41, 5.74) is 0.728. The lowest BCUT2D eigenvalue weighted by atomic mass is 10.1. The van der Waals surface area contributed by atoms with Crippen LogP contribution in [0.15, 0.2) is 36.4 Å². The largest absolute Gasteiger partial charge is 0.346 e. The van der Waals surface area contributed by atoms with Gasteiger partial charge in [-0.05, 0) is 25.5 Å². The summed E-state index contributed by atoms with van der Waals surface area (Å²) in [6.07, 6.45) is 3.04. The smallest absolute Gasteiger partial charge is 0.269 e. The second kappa shape index (κ2) is 5.79. The maximum absolute atomic E-state index is 11.3. The van der Waals surface area contributed by atoms with Crippen molar-refractivity contribution < 1.29 is 9.72 Å². The molecule has 0 aromatic heterocycles. The Morgan fingerprint density at radius 1 is 1.53 bits per heavy atom. The summed E-state index contributed by atoms with van der Waals surface area (Å²) in [7, 11) is 0. The Morgan fingerprint density at radius 2 is 2.24 bits per heavy atom. The van der Waals surface area contributed by atoms with Crippen LogP contribution in [0.4, 0.5) is 5.69 Å². The highest BCUT2D eigenvalue weighted by atomic mass is 16.6. The lowest BCUT2D eigenvalue weighted by molar-refractivity contribution is -0.384. The van der Waals surface area contributed by atoms with Gasteiger partial charge < -0.3 is 5.32 Å². The summed E-state index contributed by atoms with van der Waals surface area (Å²) >= 11 is 0. The molecule has 0 saturated heterocycles.